The molecule has 0 aromatic carbocycles. The third kappa shape index (κ3) is 4.19. The molecule has 10 heteroatoms. The van der Waals surface area contributed by atoms with Gasteiger partial charge in [0.25, 0.3) is 0 Å². The Morgan fingerprint density at radius 3 is 2.70 bits per heavy atom. The van der Waals surface area contributed by atoms with E-state index in [1.165, 1.54) is 0 Å². The molecular weight excluding hydrogens is 410 g/mol. The molecule has 30 heavy (non-hydrogen) atoms. The van der Waals surface area contributed by atoms with Gasteiger partial charge in [0.1, 0.15) is 22.1 Å². The Bertz CT molecular complexity index is 865. The topological polar surface area (TPSA) is 100 Å². The van der Waals surface area contributed by atoms with Crippen molar-refractivity contribution >= 4 is 29.5 Å². The second-order valence-corrected chi connectivity index (χ2v) is 9.08. The molecule has 2 saturated heterocycles. The molecule has 2 aliphatic heterocycles. The number of carbonyl (C=O) groups is 1. The SMILES string of the molecule is CC(C)(C)OC(=O)N1CCC2(Nc3nc(N4CCOCC4)nc(Cl)c3CCO)C=C12. The number of aliphatic hydroxyl groups excluding tert-OH is 1. The molecule has 1 amide bonds. The molecule has 0 spiro atoms. The molecule has 1 atom stereocenters. The molecule has 3 aliphatic rings. The summed E-state index contributed by atoms with van der Waals surface area (Å²) in [6, 6.07) is 0. The number of anilines is 2. The van der Waals surface area contributed by atoms with Gasteiger partial charge in [0, 0.05) is 38.2 Å². The first-order chi connectivity index (χ1) is 14.2. The van der Waals surface area contributed by atoms with Gasteiger partial charge in [-0.3, -0.25) is 4.90 Å². The van der Waals surface area contributed by atoms with Gasteiger partial charge < -0.3 is 24.8 Å². The van der Waals surface area contributed by atoms with Crippen LogP contribution in [0.3, 0.4) is 0 Å². The van der Waals surface area contributed by atoms with Crippen LogP contribution in [0.2, 0.25) is 5.15 Å². The summed E-state index contributed by atoms with van der Waals surface area (Å²) in [4.78, 5) is 25.4. The molecule has 3 heterocycles. The number of hydrogen-bond acceptors (Lipinski definition) is 8. The fourth-order valence-corrected chi connectivity index (χ4v) is 4.05. The van der Waals surface area contributed by atoms with Crippen molar-refractivity contribution in [3.05, 3.63) is 22.5 Å². The lowest BCUT2D eigenvalue weighted by Crippen LogP contribution is -2.38. The lowest BCUT2D eigenvalue weighted by Gasteiger charge is -2.28. The highest BCUT2D eigenvalue weighted by Gasteiger charge is 2.55. The third-order valence-electron chi connectivity index (χ3n) is 5.33. The predicted octanol–water partition coefficient (Wildman–Crippen LogP) is 2.19. The van der Waals surface area contributed by atoms with Crippen LogP contribution in [0, 0.1) is 0 Å². The van der Waals surface area contributed by atoms with E-state index in [4.69, 9.17) is 26.1 Å². The van der Waals surface area contributed by atoms with Crippen LogP contribution >= 0.6 is 11.6 Å². The number of likely N-dealkylation sites (tertiary alicyclic amines) is 1. The summed E-state index contributed by atoms with van der Waals surface area (Å²) < 4.78 is 10.9. The molecule has 0 saturated carbocycles. The fraction of sp³-hybridized carbons (Fsp3) is 0.650. The number of fused-ring (bicyclic) bond motifs is 1. The molecule has 1 unspecified atom stereocenters. The van der Waals surface area contributed by atoms with Crippen LogP contribution in [0.1, 0.15) is 32.8 Å². The van der Waals surface area contributed by atoms with Crippen molar-refractivity contribution in [1.82, 2.24) is 14.9 Å². The summed E-state index contributed by atoms with van der Waals surface area (Å²) in [7, 11) is 0. The van der Waals surface area contributed by atoms with Crippen LogP contribution in [-0.4, -0.2) is 76.7 Å². The highest BCUT2D eigenvalue weighted by Crippen LogP contribution is 2.49. The summed E-state index contributed by atoms with van der Waals surface area (Å²) in [6.45, 7) is 8.67. The van der Waals surface area contributed by atoms with Crippen LogP contribution in [-0.2, 0) is 15.9 Å². The second-order valence-electron chi connectivity index (χ2n) is 8.72. The number of hydrogen-bond donors (Lipinski definition) is 2. The summed E-state index contributed by atoms with van der Waals surface area (Å²) in [6.07, 6.45) is 2.72. The normalized spacial score (nSPS) is 23.2. The van der Waals surface area contributed by atoms with Crippen molar-refractivity contribution in [3.63, 3.8) is 0 Å². The van der Waals surface area contributed by atoms with E-state index in [1.54, 1.807) is 4.90 Å². The number of aromatic nitrogens is 2. The Balaban J connectivity index is 1.54. The van der Waals surface area contributed by atoms with E-state index < -0.39 is 11.1 Å². The quantitative estimate of drug-likeness (QED) is 0.676. The Morgan fingerprint density at radius 1 is 1.33 bits per heavy atom. The largest absolute Gasteiger partial charge is 0.443 e. The Hall–Kier alpha value is -2.10. The minimum Gasteiger partial charge on any atom is -0.443 e. The van der Waals surface area contributed by atoms with Gasteiger partial charge in [-0.05, 0) is 33.3 Å². The zero-order chi connectivity index (χ0) is 21.5. The van der Waals surface area contributed by atoms with Crippen LogP contribution in [0.5, 0.6) is 0 Å². The lowest BCUT2D eigenvalue weighted by molar-refractivity contribution is 0.0342. The molecule has 164 valence electrons. The second kappa shape index (κ2) is 7.86. The molecule has 1 aromatic heterocycles. The first-order valence-corrected chi connectivity index (χ1v) is 10.6. The number of ether oxygens (including phenoxy) is 2. The standard InChI is InChI=1S/C20H28ClN5O4/c1-19(2,3)30-18(28)26-6-5-20(12-14(20)26)24-16-13(4-9-27)15(21)22-17(23-16)25-7-10-29-11-8-25/h12,27H,4-11H2,1-3H3,(H,22,23,24). The van der Waals surface area contributed by atoms with E-state index in [9.17, 15) is 9.90 Å². The van der Waals surface area contributed by atoms with Crippen LogP contribution in [0.15, 0.2) is 11.8 Å². The smallest absolute Gasteiger partial charge is 0.414 e. The Kier molecular flexibility index (Phi) is 5.54. The average molecular weight is 438 g/mol. The van der Waals surface area contributed by atoms with E-state index in [1.807, 2.05) is 31.7 Å². The molecule has 9 nitrogen and oxygen atoms in total. The van der Waals surface area contributed by atoms with Gasteiger partial charge >= 0.3 is 6.09 Å². The number of rotatable bonds is 5. The highest BCUT2D eigenvalue weighted by molar-refractivity contribution is 6.30. The molecule has 1 aromatic rings. The van der Waals surface area contributed by atoms with Crippen molar-refractivity contribution in [1.29, 1.82) is 0 Å². The van der Waals surface area contributed by atoms with Crippen molar-refractivity contribution in [3.8, 4) is 0 Å². The lowest BCUT2D eigenvalue weighted by atomic mass is 10.1. The monoisotopic (exact) mass is 437 g/mol. The van der Waals surface area contributed by atoms with Crippen molar-refractivity contribution in [2.24, 2.45) is 0 Å². The van der Waals surface area contributed by atoms with Crippen LogP contribution < -0.4 is 10.2 Å². The zero-order valence-corrected chi connectivity index (χ0v) is 18.3. The summed E-state index contributed by atoms with van der Waals surface area (Å²) >= 11 is 6.47. The first-order valence-electron chi connectivity index (χ1n) is 10.2. The van der Waals surface area contributed by atoms with E-state index in [0.29, 0.717) is 68.2 Å². The Morgan fingerprint density at radius 2 is 2.07 bits per heavy atom. The van der Waals surface area contributed by atoms with Gasteiger partial charge in [-0.2, -0.15) is 4.98 Å². The molecule has 0 radical (unpaired) electrons. The van der Waals surface area contributed by atoms with Gasteiger partial charge in [0.2, 0.25) is 5.95 Å². The first kappa shape index (κ1) is 21.1. The van der Waals surface area contributed by atoms with Gasteiger partial charge in [-0.25, -0.2) is 9.78 Å². The van der Waals surface area contributed by atoms with Gasteiger partial charge in [0.05, 0.1) is 18.9 Å². The number of aliphatic hydroxyl groups is 1. The predicted molar refractivity (Wildman–Crippen MR) is 113 cm³/mol. The highest BCUT2D eigenvalue weighted by atomic mass is 35.5. The minimum absolute atomic E-state index is 0.0635. The maximum Gasteiger partial charge on any atom is 0.414 e. The van der Waals surface area contributed by atoms with Gasteiger partial charge in [-0.1, -0.05) is 11.6 Å². The molecular formula is C20H28ClN5O4. The van der Waals surface area contributed by atoms with Crippen LogP contribution in [0.4, 0.5) is 16.6 Å². The van der Waals surface area contributed by atoms with E-state index in [-0.39, 0.29) is 12.7 Å². The summed E-state index contributed by atoms with van der Waals surface area (Å²) in [5, 5.41) is 13.3. The maximum atomic E-state index is 12.5. The van der Waals surface area contributed by atoms with E-state index in [0.717, 1.165) is 5.70 Å². The van der Waals surface area contributed by atoms with Crippen molar-refractivity contribution < 1.29 is 19.4 Å². The van der Waals surface area contributed by atoms with Gasteiger partial charge in [0.15, 0.2) is 0 Å². The Labute approximate surface area is 181 Å². The minimum atomic E-state index is -0.549. The number of halogens is 1. The van der Waals surface area contributed by atoms with Crippen LogP contribution in [0.25, 0.3) is 0 Å². The zero-order valence-electron chi connectivity index (χ0n) is 17.6. The number of nitrogens with one attached hydrogen (secondary N) is 1. The number of amides is 1. The average Bonchev–Trinajstić information content (AvgIpc) is 3.26. The van der Waals surface area contributed by atoms with Gasteiger partial charge in [-0.15, -0.1) is 0 Å². The third-order valence-corrected chi connectivity index (χ3v) is 5.65. The fourth-order valence-electron chi connectivity index (χ4n) is 3.79. The molecule has 2 N–H and O–H groups in total. The van der Waals surface area contributed by atoms with E-state index >= 15 is 0 Å². The van der Waals surface area contributed by atoms with Crippen molar-refractivity contribution in [2.75, 3.05) is 49.7 Å². The number of morpholine rings is 1. The molecule has 4 rings (SSSR count). The van der Waals surface area contributed by atoms with E-state index in [2.05, 4.69) is 10.3 Å². The molecule has 0 bridgehead atoms. The molecule has 2 fully saturated rings. The number of carbonyl (C=O) groups excluding carboxylic acids is 1. The maximum absolute atomic E-state index is 12.5. The molecule has 1 aliphatic carbocycles. The summed E-state index contributed by atoms with van der Waals surface area (Å²) in [5.41, 5.74) is 0.559. The summed E-state index contributed by atoms with van der Waals surface area (Å²) in [5.74, 6) is 1.12. The van der Waals surface area contributed by atoms with Crippen molar-refractivity contribution in [2.45, 2.75) is 44.8 Å². The number of nitrogens with zero attached hydrogens (tertiary/aromatic N) is 4.